The van der Waals surface area contributed by atoms with Gasteiger partial charge in [-0.05, 0) is 13.0 Å². The van der Waals surface area contributed by atoms with Gasteiger partial charge >= 0.3 is 0 Å². The summed E-state index contributed by atoms with van der Waals surface area (Å²) >= 11 is 0. The molecule has 0 aliphatic carbocycles. The fourth-order valence-electron chi connectivity index (χ4n) is 2.31. The lowest BCUT2D eigenvalue weighted by Crippen LogP contribution is -2.45. The first-order chi connectivity index (χ1) is 7.61. The van der Waals surface area contributed by atoms with E-state index in [9.17, 15) is 9.59 Å². The number of piperidine rings is 1. The molecule has 2 heterocycles. The number of carbonyl (C=O) groups excluding carboxylic acids is 2. The molecular weight excluding hydrogens is 212 g/mol. The van der Waals surface area contributed by atoms with Crippen LogP contribution in [0.25, 0.3) is 0 Å². The number of nitrogens with two attached hydrogens (primary N) is 1. The van der Waals surface area contributed by atoms with Crippen LogP contribution in [0.1, 0.15) is 6.42 Å². The Balaban J connectivity index is 2.00. The van der Waals surface area contributed by atoms with Crippen molar-refractivity contribution in [1.29, 1.82) is 0 Å². The van der Waals surface area contributed by atoms with Gasteiger partial charge in [0, 0.05) is 6.54 Å². The number of nitrogens with zero attached hydrogens (tertiary/aromatic N) is 2. The fourth-order valence-corrected chi connectivity index (χ4v) is 2.31. The highest BCUT2D eigenvalue weighted by molar-refractivity contribution is 6.05. The van der Waals surface area contributed by atoms with Crippen molar-refractivity contribution >= 4 is 17.6 Å². The maximum Gasteiger partial charge on any atom is 0.231 e. The van der Waals surface area contributed by atoms with E-state index in [2.05, 4.69) is 10.5 Å². The highest BCUT2D eigenvalue weighted by Crippen LogP contribution is 2.28. The van der Waals surface area contributed by atoms with Gasteiger partial charge in [-0.2, -0.15) is 0 Å². The number of amidine groups is 1. The molecule has 7 nitrogen and oxygen atoms in total. The van der Waals surface area contributed by atoms with E-state index in [-0.39, 0.29) is 29.5 Å². The molecule has 7 heteroatoms. The van der Waals surface area contributed by atoms with Crippen LogP contribution in [0.3, 0.4) is 0 Å². The van der Waals surface area contributed by atoms with E-state index >= 15 is 0 Å². The first-order valence-corrected chi connectivity index (χ1v) is 5.15. The molecule has 0 saturated carbocycles. The van der Waals surface area contributed by atoms with Crippen LogP contribution in [0.5, 0.6) is 0 Å². The van der Waals surface area contributed by atoms with Crippen LogP contribution >= 0.6 is 0 Å². The third-order valence-electron chi connectivity index (χ3n) is 3.13. The molecule has 0 spiro atoms. The van der Waals surface area contributed by atoms with Crippen molar-refractivity contribution in [2.45, 2.75) is 6.42 Å². The van der Waals surface area contributed by atoms with Crippen LogP contribution < -0.4 is 11.1 Å². The van der Waals surface area contributed by atoms with Crippen LogP contribution in [0.4, 0.5) is 0 Å². The Morgan fingerprint density at radius 3 is 2.88 bits per heavy atom. The van der Waals surface area contributed by atoms with Crippen molar-refractivity contribution in [1.82, 2.24) is 10.2 Å². The zero-order valence-electron chi connectivity index (χ0n) is 8.72. The monoisotopic (exact) mass is 226 g/mol. The van der Waals surface area contributed by atoms with E-state index in [1.165, 1.54) is 0 Å². The number of nitrogens with one attached hydrogen (secondary N) is 1. The summed E-state index contributed by atoms with van der Waals surface area (Å²) in [6.45, 7) is 1.48. The summed E-state index contributed by atoms with van der Waals surface area (Å²) in [7, 11) is 0. The second-order valence-corrected chi connectivity index (χ2v) is 4.18. The minimum atomic E-state index is -0.284. The standard InChI is InChI=1S/C9H14N4O3/c10-7(12-16)4-13-2-1-5-6(3-13)9(15)11-8(5)14/h5-6,16H,1-4H2,(H2,10,12)(H,11,14,15)/t5-,6+/m1/s1. The van der Waals surface area contributed by atoms with Crippen molar-refractivity contribution in [3.05, 3.63) is 0 Å². The maximum absolute atomic E-state index is 11.5. The number of oxime groups is 1. The van der Waals surface area contributed by atoms with Gasteiger partial charge < -0.3 is 10.9 Å². The molecule has 2 rings (SSSR count). The molecule has 0 bridgehead atoms. The maximum atomic E-state index is 11.5. The Hall–Kier alpha value is -1.63. The van der Waals surface area contributed by atoms with Gasteiger partial charge in [0.05, 0.1) is 18.4 Å². The number of fused-ring (bicyclic) bond motifs is 1. The predicted octanol–water partition coefficient (Wildman–Crippen LogP) is -1.67. The normalized spacial score (nSPS) is 31.4. The van der Waals surface area contributed by atoms with Crippen molar-refractivity contribution in [2.24, 2.45) is 22.7 Å². The summed E-state index contributed by atoms with van der Waals surface area (Å²) < 4.78 is 0. The SMILES string of the molecule is NC(CN1CC[C@H]2C(=O)NC(=O)[C@H]2C1)=NO. The van der Waals surface area contributed by atoms with Gasteiger partial charge in [0.25, 0.3) is 0 Å². The van der Waals surface area contributed by atoms with E-state index in [0.29, 0.717) is 26.1 Å². The summed E-state index contributed by atoms with van der Waals surface area (Å²) in [5, 5.41) is 13.7. The molecule has 16 heavy (non-hydrogen) atoms. The van der Waals surface area contributed by atoms with E-state index in [4.69, 9.17) is 10.9 Å². The third-order valence-corrected chi connectivity index (χ3v) is 3.13. The Bertz CT molecular complexity index is 355. The first-order valence-electron chi connectivity index (χ1n) is 5.15. The van der Waals surface area contributed by atoms with Crippen LogP contribution in [-0.4, -0.2) is 47.4 Å². The van der Waals surface area contributed by atoms with Gasteiger partial charge in [-0.15, -0.1) is 0 Å². The number of hydrogen-bond donors (Lipinski definition) is 3. The minimum absolute atomic E-state index is 0.114. The molecule has 2 fully saturated rings. The molecule has 0 unspecified atom stereocenters. The molecule has 4 N–H and O–H groups in total. The number of hydrogen-bond acceptors (Lipinski definition) is 5. The Morgan fingerprint density at radius 2 is 2.19 bits per heavy atom. The van der Waals surface area contributed by atoms with Gasteiger partial charge in [-0.25, -0.2) is 0 Å². The number of likely N-dealkylation sites (tertiary alicyclic amines) is 1. The van der Waals surface area contributed by atoms with Gasteiger partial charge in [0.2, 0.25) is 11.8 Å². The van der Waals surface area contributed by atoms with Gasteiger partial charge in [0.1, 0.15) is 0 Å². The third kappa shape index (κ3) is 1.85. The summed E-state index contributed by atoms with van der Waals surface area (Å²) in [6, 6.07) is 0. The molecule has 0 radical (unpaired) electrons. The molecule has 2 atom stereocenters. The summed E-state index contributed by atoms with van der Waals surface area (Å²) in [5.41, 5.74) is 5.39. The van der Waals surface area contributed by atoms with Gasteiger partial charge in [-0.3, -0.25) is 19.8 Å². The molecular formula is C9H14N4O3. The Morgan fingerprint density at radius 1 is 1.50 bits per heavy atom. The van der Waals surface area contributed by atoms with E-state index in [1.807, 2.05) is 4.90 Å². The quantitative estimate of drug-likeness (QED) is 0.171. The molecule has 2 amide bonds. The average Bonchev–Trinajstić information content (AvgIpc) is 2.54. The Kier molecular flexibility index (Phi) is 2.78. The molecule has 2 aliphatic heterocycles. The molecule has 2 aliphatic rings. The number of imide groups is 1. The minimum Gasteiger partial charge on any atom is -0.409 e. The summed E-state index contributed by atoms with van der Waals surface area (Å²) in [6.07, 6.45) is 0.640. The second kappa shape index (κ2) is 4.09. The zero-order valence-corrected chi connectivity index (χ0v) is 8.72. The largest absolute Gasteiger partial charge is 0.409 e. The van der Waals surface area contributed by atoms with Crippen molar-refractivity contribution in [2.75, 3.05) is 19.6 Å². The average molecular weight is 226 g/mol. The lowest BCUT2D eigenvalue weighted by atomic mass is 9.88. The lowest BCUT2D eigenvalue weighted by molar-refractivity contribution is -0.126. The molecule has 0 aromatic heterocycles. The van der Waals surface area contributed by atoms with Crippen LogP contribution in [0, 0.1) is 11.8 Å². The van der Waals surface area contributed by atoms with E-state index in [0.717, 1.165) is 0 Å². The number of carbonyl (C=O) groups is 2. The topological polar surface area (TPSA) is 108 Å². The van der Waals surface area contributed by atoms with Crippen LogP contribution in [0.2, 0.25) is 0 Å². The number of rotatable bonds is 2. The highest BCUT2D eigenvalue weighted by atomic mass is 16.4. The van der Waals surface area contributed by atoms with E-state index < -0.39 is 0 Å². The fraction of sp³-hybridized carbons (Fsp3) is 0.667. The van der Waals surface area contributed by atoms with Crippen LogP contribution in [-0.2, 0) is 9.59 Å². The van der Waals surface area contributed by atoms with Gasteiger partial charge in [0.15, 0.2) is 5.84 Å². The molecule has 0 aromatic carbocycles. The van der Waals surface area contributed by atoms with Crippen molar-refractivity contribution < 1.29 is 14.8 Å². The molecule has 2 saturated heterocycles. The highest BCUT2D eigenvalue weighted by Gasteiger charge is 2.44. The number of amides is 2. The second-order valence-electron chi connectivity index (χ2n) is 4.18. The van der Waals surface area contributed by atoms with Crippen molar-refractivity contribution in [3.8, 4) is 0 Å². The lowest BCUT2D eigenvalue weighted by Gasteiger charge is -2.31. The van der Waals surface area contributed by atoms with E-state index in [1.54, 1.807) is 0 Å². The first kappa shape index (κ1) is 10.9. The summed E-state index contributed by atoms with van der Waals surface area (Å²) in [5.74, 6) is -0.746. The van der Waals surface area contributed by atoms with Gasteiger partial charge in [-0.1, -0.05) is 5.16 Å². The Labute approximate surface area is 92.3 Å². The smallest absolute Gasteiger partial charge is 0.231 e. The summed E-state index contributed by atoms with van der Waals surface area (Å²) in [4.78, 5) is 24.7. The molecule has 0 aromatic rings. The van der Waals surface area contributed by atoms with Crippen LogP contribution in [0.15, 0.2) is 5.16 Å². The predicted molar refractivity (Wildman–Crippen MR) is 54.6 cm³/mol. The van der Waals surface area contributed by atoms with Crippen molar-refractivity contribution in [3.63, 3.8) is 0 Å². The zero-order chi connectivity index (χ0) is 11.7. The molecule has 88 valence electrons.